The predicted octanol–water partition coefficient (Wildman–Crippen LogP) is 8.59. The van der Waals surface area contributed by atoms with E-state index >= 15 is 0 Å². The summed E-state index contributed by atoms with van der Waals surface area (Å²) in [5.74, 6) is 1.62. The predicted molar refractivity (Wildman–Crippen MR) is 394 cm³/mol. The standard InChI is InChI=1S/C17H25NO5S.C16H29F2N3O2.C11H21F2N3.C11H20F2N2O2.C9H18N2O2.C6H12F2N2.C2H4F2O/c1-13-5-7-15(8-6-13)24(20,21)22-10-9-14-11-18(12-14)16(19)23-17(2,3)4;1-16(2,3)23-15(22)21-10-13(11-21)4-5-19-6-8-20(9-7-19)12-14(17)18;12-11(13)9-16-5-3-15(4-6-16)2-1-10-7-14-8-10;1-11(2,3)17-10(16)15-6-4-14(5-7-15)8-9(12)13;1-9(2,3)13-8(12)11-6-4-10-5-7-11;7-6(8)5-10-3-1-9-2-4-10;3-2(4)1-5/h5-8,14H,9-12H2,1-4H3;13-14H,4-12H2,1-3H3;10-11,14H,1-9H2;9H,4-8H2,1-3H3;10H,4-7H2,1-3H3;6,9H,1-5H2;2,5H,1H2. The Labute approximate surface area is 635 Å². The zero-order valence-electron chi connectivity index (χ0n) is 66.2. The fourth-order valence-corrected chi connectivity index (χ4v) is 12.4. The van der Waals surface area contributed by atoms with Gasteiger partial charge in [-0.2, -0.15) is 8.42 Å². The normalized spacial score (nSPS) is 19.5. The van der Waals surface area contributed by atoms with Crippen molar-refractivity contribution in [1.29, 1.82) is 0 Å². The maximum Gasteiger partial charge on any atom is 0.410 e. The molecule has 8 aliphatic rings. The van der Waals surface area contributed by atoms with E-state index in [4.69, 9.17) is 28.2 Å². The summed E-state index contributed by atoms with van der Waals surface area (Å²) in [7, 11) is -3.72. The van der Waals surface area contributed by atoms with Crippen LogP contribution in [0.1, 0.15) is 108 Å². The van der Waals surface area contributed by atoms with Crippen molar-refractivity contribution in [3.63, 3.8) is 0 Å². The van der Waals surface area contributed by atoms with Crippen LogP contribution < -0.4 is 16.0 Å². The van der Waals surface area contributed by atoms with Crippen LogP contribution in [0.3, 0.4) is 0 Å². The number of aliphatic hydroxyl groups excluding tert-OH is 1. The van der Waals surface area contributed by atoms with Gasteiger partial charge in [0, 0.05) is 157 Å². The number of aliphatic hydroxyl groups is 1. The van der Waals surface area contributed by atoms with Gasteiger partial charge < -0.3 is 69.4 Å². The zero-order chi connectivity index (χ0) is 81.0. The molecule has 0 atom stereocenters. The van der Waals surface area contributed by atoms with E-state index in [1.165, 1.54) is 18.6 Å². The second-order valence-corrected chi connectivity index (χ2v) is 33.6. The van der Waals surface area contributed by atoms with Crippen LogP contribution in [-0.4, -0.2) is 364 Å². The Hall–Kier alpha value is -4.89. The molecule has 1 aromatic rings. The van der Waals surface area contributed by atoms with E-state index in [0.717, 1.165) is 162 Å². The fourth-order valence-electron chi connectivity index (χ4n) is 11.5. The molecule has 630 valence electrons. The van der Waals surface area contributed by atoms with E-state index < -0.39 is 65.7 Å². The SMILES string of the molecule is CC(C)(C)OC(=O)N1CC(CCN2CCN(CC(F)F)CC2)C1.CC(C)(C)OC(=O)N1CCN(CC(F)F)CC1.CC(C)(C)OC(=O)N1CCNCC1.Cc1ccc(S(=O)(=O)OCCC2CN(C(=O)OC(C)(C)C)C2)cc1.FC(F)CN1CCN(CCC2CNC2)CC1.FC(F)CN1CCNCC1.OCC(F)F. The molecule has 8 fully saturated rings. The molecule has 0 aromatic heterocycles. The number of ether oxygens (including phenoxy) is 4. The van der Waals surface area contributed by atoms with Gasteiger partial charge in [0.2, 0.25) is 0 Å². The first-order valence-corrected chi connectivity index (χ1v) is 39.1. The lowest BCUT2D eigenvalue weighted by atomic mass is 9.96. The number of amides is 4. The number of carbonyl (C=O) groups excluding carboxylic acids is 4. The molecule has 0 radical (unpaired) electrons. The molecular weight excluding hydrogens is 1460 g/mol. The number of piperazine rings is 5. The average Bonchev–Trinajstić information content (AvgIpc) is 0.831. The highest BCUT2D eigenvalue weighted by Crippen LogP contribution is 2.26. The van der Waals surface area contributed by atoms with Crippen molar-refractivity contribution in [2.75, 3.05) is 223 Å². The Morgan fingerprint density at radius 3 is 1.01 bits per heavy atom. The molecule has 1 aromatic carbocycles. The van der Waals surface area contributed by atoms with E-state index in [1.807, 2.05) is 79.0 Å². The lowest BCUT2D eigenvalue weighted by Crippen LogP contribution is -2.53. The summed E-state index contributed by atoms with van der Waals surface area (Å²) in [6.45, 7) is 44.7. The van der Waals surface area contributed by atoms with Crippen LogP contribution in [0.5, 0.6) is 0 Å². The lowest BCUT2D eigenvalue weighted by molar-refractivity contribution is -0.00504. The van der Waals surface area contributed by atoms with Crippen molar-refractivity contribution in [2.45, 2.75) is 169 Å². The molecule has 8 saturated heterocycles. The van der Waals surface area contributed by atoms with Gasteiger partial charge in [0.25, 0.3) is 42.2 Å². The van der Waals surface area contributed by atoms with Gasteiger partial charge in [-0.05, 0) is 165 Å². The number of hydrogen-bond acceptors (Lipinski definition) is 21. The Morgan fingerprint density at radius 1 is 0.407 bits per heavy atom. The van der Waals surface area contributed by atoms with E-state index in [9.17, 15) is 71.5 Å². The summed E-state index contributed by atoms with van der Waals surface area (Å²) in [4.78, 5) is 65.5. The van der Waals surface area contributed by atoms with Gasteiger partial charge in [0.1, 0.15) is 29.0 Å². The van der Waals surface area contributed by atoms with Crippen LogP contribution in [0, 0.1) is 24.7 Å². The number of nitrogens with one attached hydrogen (secondary N) is 3. The van der Waals surface area contributed by atoms with Crippen LogP contribution in [0.15, 0.2) is 29.2 Å². The molecular formula is C72H129F10N13O12S. The van der Waals surface area contributed by atoms with Gasteiger partial charge in [-0.1, -0.05) is 17.7 Å². The Bertz CT molecular complexity index is 2750. The summed E-state index contributed by atoms with van der Waals surface area (Å²) in [6, 6.07) is 6.55. The number of halogens is 10. The van der Waals surface area contributed by atoms with Crippen molar-refractivity contribution in [2.24, 2.45) is 17.8 Å². The topological polar surface area (TPSA) is 237 Å². The molecule has 8 aliphatic heterocycles. The van der Waals surface area contributed by atoms with Crippen molar-refractivity contribution < 1.29 is 99.7 Å². The van der Waals surface area contributed by atoms with E-state index in [0.29, 0.717) is 51.6 Å². The summed E-state index contributed by atoms with van der Waals surface area (Å²) >= 11 is 0. The van der Waals surface area contributed by atoms with E-state index in [2.05, 4.69) is 25.8 Å². The first-order valence-electron chi connectivity index (χ1n) is 37.7. The number of likely N-dealkylation sites (tertiary alicyclic amines) is 2. The van der Waals surface area contributed by atoms with Crippen LogP contribution in [-0.2, 0) is 33.2 Å². The number of aryl methyl sites for hydroxylation is 1. The lowest BCUT2D eigenvalue weighted by Gasteiger charge is -2.41. The third-order valence-corrected chi connectivity index (χ3v) is 18.8. The molecule has 25 nitrogen and oxygen atoms in total. The summed E-state index contributed by atoms with van der Waals surface area (Å²) in [5.41, 5.74) is -0.863. The van der Waals surface area contributed by atoms with Crippen LogP contribution >= 0.6 is 0 Å². The first-order chi connectivity index (χ1) is 50.4. The number of benzene rings is 1. The minimum absolute atomic E-state index is 0.0552. The number of alkyl halides is 10. The fraction of sp³-hybridized carbons (Fsp3) is 0.861. The molecule has 4 amide bonds. The monoisotopic (exact) mass is 1590 g/mol. The Kier molecular flexibility index (Phi) is 44.1. The highest BCUT2D eigenvalue weighted by Gasteiger charge is 2.36. The smallest absolute Gasteiger partial charge is 0.410 e. The molecule has 0 saturated carbocycles. The maximum absolute atomic E-state index is 12.3. The molecule has 8 heterocycles. The average molecular weight is 1590 g/mol. The zero-order valence-corrected chi connectivity index (χ0v) is 67.0. The Balaban J connectivity index is 0.000000338. The van der Waals surface area contributed by atoms with Gasteiger partial charge in [0.05, 0.1) is 37.7 Å². The van der Waals surface area contributed by atoms with Gasteiger partial charge in [-0.15, -0.1) is 0 Å². The number of hydrogen-bond donors (Lipinski definition) is 4. The minimum atomic E-state index is -3.72. The van der Waals surface area contributed by atoms with Crippen LogP contribution in [0.25, 0.3) is 0 Å². The molecule has 4 N–H and O–H groups in total. The molecule has 9 rings (SSSR count). The van der Waals surface area contributed by atoms with E-state index in [-0.39, 0.29) is 73.6 Å². The molecule has 0 unspecified atom stereocenters. The highest BCUT2D eigenvalue weighted by molar-refractivity contribution is 7.86. The van der Waals surface area contributed by atoms with Crippen molar-refractivity contribution in [3.05, 3.63) is 29.8 Å². The Morgan fingerprint density at radius 2 is 0.694 bits per heavy atom. The molecule has 108 heavy (non-hydrogen) atoms. The maximum atomic E-state index is 12.3. The van der Waals surface area contributed by atoms with Crippen LogP contribution in [0.2, 0.25) is 0 Å². The first kappa shape index (κ1) is 97.3. The molecule has 0 aliphatic carbocycles. The van der Waals surface area contributed by atoms with Gasteiger partial charge >= 0.3 is 24.4 Å². The van der Waals surface area contributed by atoms with Gasteiger partial charge in [-0.25, -0.2) is 63.1 Å². The van der Waals surface area contributed by atoms with Crippen molar-refractivity contribution >= 4 is 34.5 Å². The van der Waals surface area contributed by atoms with Crippen LogP contribution in [0.4, 0.5) is 63.1 Å². The minimum Gasteiger partial charge on any atom is -0.444 e. The number of rotatable bonds is 20. The third-order valence-electron chi connectivity index (χ3n) is 17.5. The quantitative estimate of drug-likeness (QED) is 0.0543. The molecule has 0 spiro atoms. The van der Waals surface area contributed by atoms with Crippen molar-refractivity contribution in [3.8, 4) is 0 Å². The van der Waals surface area contributed by atoms with Gasteiger partial charge in [0.15, 0.2) is 0 Å². The van der Waals surface area contributed by atoms with Crippen molar-refractivity contribution in [1.82, 2.24) is 64.9 Å². The summed E-state index contributed by atoms with van der Waals surface area (Å²) in [6.07, 6.45) is -9.72. The molecule has 0 bridgehead atoms. The third kappa shape index (κ3) is 45.0. The second kappa shape index (κ2) is 48.9. The van der Waals surface area contributed by atoms with E-state index in [1.54, 1.807) is 62.3 Å². The largest absolute Gasteiger partial charge is 0.444 e. The summed E-state index contributed by atoms with van der Waals surface area (Å²) in [5, 5.41) is 16.9. The highest BCUT2D eigenvalue weighted by atomic mass is 32.2. The molecule has 36 heteroatoms. The second-order valence-electron chi connectivity index (χ2n) is 31.9. The number of carbonyl (C=O) groups is 4. The van der Waals surface area contributed by atoms with Gasteiger partial charge in [-0.3, -0.25) is 23.8 Å². The summed E-state index contributed by atoms with van der Waals surface area (Å²) < 4.78 is 168. The number of nitrogens with zero attached hydrogens (tertiary/aromatic N) is 10.